The second-order valence-electron chi connectivity index (χ2n) is 7.74. The van der Waals surface area contributed by atoms with Crippen LogP contribution >= 0.6 is 0 Å². The van der Waals surface area contributed by atoms with Crippen LogP contribution in [0.4, 0.5) is 0 Å². The van der Waals surface area contributed by atoms with Crippen molar-refractivity contribution in [3.05, 3.63) is 17.5 Å². The van der Waals surface area contributed by atoms with Crippen molar-refractivity contribution in [1.82, 2.24) is 15.1 Å². The number of hydrogen-bond donors (Lipinski definition) is 1. The fourth-order valence-electron chi connectivity index (χ4n) is 3.24. The Balaban J connectivity index is 2.08. The number of aryl methyl sites for hydroxylation is 1. The Morgan fingerprint density at radius 2 is 2.11 bits per heavy atom. The van der Waals surface area contributed by atoms with Gasteiger partial charge in [0.1, 0.15) is 0 Å². The van der Waals surface area contributed by atoms with Crippen LogP contribution in [-0.4, -0.2) is 15.8 Å². The molecule has 108 valence electrons. The molecule has 3 nitrogen and oxygen atoms in total. The van der Waals surface area contributed by atoms with Gasteiger partial charge in [0.2, 0.25) is 0 Å². The maximum absolute atomic E-state index is 4.64. The van der Waals surface area contributed by atoms with Crippen molar-refractivity contribution in [3.63, 3.8) is 0 Å². The van der Waals surface area contributed by atoms with E-state index in [9.17, 15) is 0 Å². The van der Waals surface area contributed by atoms with Gasteiger partial charge in [0.15, 0.2) is 0 Å². The Kier molecular flexibility index (Phi) is 3.78. The Morgan fingerprint density at radius 3 is 2.63 bits per heavy atom. The van der Waals surface area contributed by atoms with Crippen molar-refractivity contribution in [3.8, 4) is 0 Å². The molecule has 1 atom stereocenters. The molecule has 1 unspecified atom stereocenters. The summed E-state index contributed by atoms with van der Waals surface area (Å²) in [5.74, 6) is 0. The van der Waals surface area contributed by atoms with Gasteiger partial charge in [-0.3, -0.25) is 4.68 Å². The standard InChI is InChI=1S/C16H29N3/c1-15(2,3)14-12(11-19(6)18-14)10-17-13-8-7-9-16(13,4)5/h11,13,17H,7-10H2,1-6H3. The van der Waals surface area contributed by atoms with E-state index in [-0.39, 0.29) is 5.41 Å². The van der Waals surface area contributed by atoms with Crippen molar-refractivity contribution in [2.45, 2.75) is 71.9 Å². The fourth-order valence-corrected chi connectivity index (χ4v) is 3.24. The molecule has 0 aliphatic heterocycles. The van der Waals surface area contributed by atoms with Crippen molar-refractivity contribution in [2.75, 3.05) is 0 Å². The quantitative estimate of drug-likeness (QED) is 0.906. The van der Waals surface area contributed by atoms with Crippen LogP contribution in [0.3, 0.4) is 0 Å². The van der Waals surface area contributed by atoms with Crippen LogP contribution in [-0.2, 0) is 19.0 Å². The van der Waals surface area contributed by atoms with Crippen LogP contribution in [0.1, 0.15) is 65.1 Å². The summed E-state index contributed by atoms with van der Waals surface area (Å²) in [6, 6.07) is 0.639. The number of nitrogens with one attached hydrogen (secondary N) is 1. The fraction of sp³-hybridized carbons (Fsp3) is 0.812. The molecule has 0 bridgehead atoms. The lowest BCUT2D eigenvalue weighted by atomic mass is 9.86. The van der Waals surface area contributed by atoms with Gasteiger partial charge >= 0.3 is 0 Å². The van der Waals surface area contributed by atoms with Gasteiger partial charge in [-0.1, -0.05) is 41.0 Å². The van der Waals surface area contributed by atoms with Gasteiger partial charge in [0.05, 0.1) is 5.69 Å². The third kappa shape index (κ3) is 3.19. The zero-order valence-corrected chi connectivity index (χ0v) is 13.4. The van der Waals surface area contributed by atoms with E-state index in [1.165, 1.54) is 30.5 Å². The van der Waals surface area contributed by atoms with E-state index in [0.29, 0.717) is 11.5 Å². The summed E-state index contributed by atoms with van der Waals surface area (Å²) in [5.41, 5.74) is 3.11. The van der Waals surface area contributed by atoms with Crippen LogP contribution in [0.5, 0.6) is 0 Å². The lowest BCUT2D eigenvalue weighted by Gasteiger charge is -2.28. The molecule has 2 rings (SSSR count). The molecule has 3 heteroatoms. The molecular weight excluding hydrogens is 234 g/mol. The summed E-state index contributed by atoms with van der Waals surface area (Å²) in [7, 11) is 2.01. The Hall–Kier alpha value is -0.830. The molecular formula is C16H29N3. The maximum Gasteiger partial charge on any atom is 0.0722 e. The minimum absolute atomic E-state index is 0.115. The minimum atomic E-state index is 0.115. The van der Waals surface area contributed by atoms with Crippen molar-refractivity contribution < 1.29 is 0 Å². The summed E-state index contributed by atoms with van der Waals surface area (Å²) in [4.78, 5) is 0. The highest BCUT2D eigenvalue weighted by molar-refractivity contribution is 5.24. The van der Waals surface area contributed by atoms with Gasteiger partial charge in [-0.15, -0.1) is 0 Å². The van der Waals surface area contributed by atoms with Crippen LogP contribution in [0.25, 0.3) is 0 Å². The smallest absolute Gasteiger partial charge is 0.0722 e. The molecule has 0 saturated heterocycles. The van der Waals surface area contributed by atoms with Crippen LogP contribution in [0.15, 0.2) is 6.20 Å². The average molecular weight is 263 g/mol. The second-order valence-corrected chi connectivity index (χ2v) is 7.74. The van der Waals surface area contributed by atoms with Gasteiger partial charge in [0, 0.05) is 36.8 Å². The largest absolute Gasteiger partial charge is 0.309 e. The van der Waals surface area contributed by atoms with E-state index in [1.54, 1.807) is 0 Å². The average Bonchev–Trinajstić information content (AvgIpc) is 2.78. The molecule has 1 aliphatic carbocycles. The zero-order valence-electron chi connectivity index (χ0n) is 13.4. The van der Waals surface area contributed by atoms with Gasteiger partial charge in [-0.05, 0) is 18.3 Å². The highest BCUT2D eigenvalue weighted by atomic mass is 15.3. The van der Waals surface area contributed by atoms with E-state index in [1.807, 2.05) is 11.7 Å². The van der Waals surface area contributed by atoms with E-state index < -0.39 is 0 Å². The highest BCUT2D eigenvalue weighted by Crippen LogP contribution is 2.37. The molecule has 1 aromatic rings. The Bertz CT molecular complexity index is 437. The van der Waals surface area contributed by atoms with Crippen molar-refractivity contribution in [2.24, 2.45) is 12.5 Å². The predicted molar refractivity (Wildman–Crippen MR) is 80.2 cm³/mol. The summed E-state index contributed by atoms with van der Waals surface area (Å²) >= 11 is 0. The lowest BCUT2D eigenvalue weighted by Crippen LogP contribution is -2.37. The first kappa shape index (κ1) is 14.6. The van der Waals surface area contributed by atoms with Crippen molar-refractivity contribution >= 4 is 0 Å². The van der Waals surface area contributed by atoms with Gasteiger partial charge < -0.3 is 5.32 Å². The highest BCUT2D eigenvalue weighted by Gasteiger charge is 2.34. The molecule has 0 amide bonds. The van der Waals surface area contributed by atoms with Gasteiger partial charge in [-0.25, -0.2) is 0 Å². The molecule has 1 saturated carbocycles. The topological polar surface area (TPSA) is 29.9 Å². The maximum atomic E-state index is 4.64. The third-order valence-electron chi connectivity index (χ3n) is 4.41. The van der Waals surface area contributed by atoms with E-state index >= 15 is 0 Å². The van der Waals surface area contributed by atoms with E-state index in [2.05, 4.69) is 51.2 Å². The summed E-state index contributed by atoms with van der Waals surface area (Å²) in [6.45, 7) is 12.4. The molecule has 1 fully saturated rings. The van der Waals surface area contributed by atoms with E-state index in [4.69, 9.17) is 0 Å². The molecule has 0 aromatic carbocycles. The van der Waals surface area contributed by atoms with Crippen LogP contribution in [0.2, 0.25) is 0 Å². The number of hydrogen-bond acceptors (Lipinski definition) is 2. The van der Waals surface area contributed by atoms with Crippen molar-refractivity contribution in [1.29, 1.82) is 0 Å². The first-order valence-electron chi connectivity index (χ1n) is 7.46. The monoisotopic (exact) mass is 263 g/mol. The molecule has 19 heavy (non-hydrogen) atoms. The SMILES string of the molecule is Cn1cc(CNC2CCCC2(C)C)c(C(C)(C)C)n1. The number of rotatable bonds is 3. The molecule has 0 radical (unpaired) electrons. The minimum Gasteiger partial charge on any atom is -0.309 e. The third-order valence-corrected chi connectivity index (χ3v) is 4.41. The summed E-state index contributed by atoms with van der Waals surface area (Å²) in [5, 5.41) is 8.40. The predicted octanol–water partition coefficient (Wildman–Crippen LogP) is 3.39. The summed E-state index contributed by atoms with van der Waals surface area (Å²) < 4.78 is 1.94. The number of aromatic nitrogens is 2. The molecule has 1 aromatic heterocycles. The lowest BCUT2D eigenvalue weighted by molar-refractivity contribution is 0.282. The van der Waals surface area contributed by atoms with E-state index in [0.717, 1.165) is 6.54 Å². The summed E-state index contributed by atoms with van der Waals surface area (Å²) in [6.07, 6.45) is 6.15. The normalized spacial score (nSPS) is 22.9. The zero-order chi connectivity index (χ0) is 14.3. The van der Waals surface area contributed by atoms with Gasteiger partial charge in [0.25, 0.3) is 0 Å². The molecule has 1 heterocycles. The molecule has 1 N–H and O–H groups in total. The molecule has 1 aliphatic rings. The Morgan fingerprint density at radius 1 is 1.42 bits per heavy atom. The first-order chi connectivity index (χ1) is 8.70. The van der Waals surface area contributed by atoms with Crippen LogP contribution < -0.4 is 5.32 Å². The number of nitrogens with zero attached hydrogens (tertiary/aromatic N) is 2. The Labute approximate surface area is 117 Å². The second kappa shape index (κ2) is 4.93. The van der Waals surface area contributed by atoms with Crippen LogP contribution in [0, 0.1) is 5.41 Å². The van der Waals surface area contributed by atoms with Gasteiger partial charge in [-0.2, -0.15) is 5.10 Å². The first-order valence-corrected chi connectivity index (χ1v) is 7.46. The molecule has 0 spiro atoms.